The van der Waals surface area contributed by atoms with Crippen LogP contribution in [0.15, 0.2) is 34.2 Å². The maximum Gasteiger partial charge on any atom is 0.321 e. The topological polar surface area (TPSA) is 97.5 Å². The summed E-state index contributed by atoms with van der Waals surface area (Å²) in [6.07, 6.45) is 0.813. The molecule has 0 saturated heterocycles. The highest BCUT2D eigenvalue weighted by atomic mass is 32.2. The van der Waals surface area contributed by atoms with E-state index >= 15 is 0 Å². The number of quaternary nitrogens is 1. The van der Waals surface area contributed by atoms with Crippen LogP contribution >= 0.6 is 11.8 Å². The number of hydrogen-bond acceptors (Lipinski definition) is 5. The van der Waals surface area contributed by atoms with E-state index in [-0.39, 0.29) is 11.6 Å². The molecule has 0 spiro atoms. The lowest BCUT2D eigenvalue weighted by molar-refractivity contribution is -0.858. The third-order valence-electron chi connectivity index (χ3n) is 4.19. The Bertz CT molecular complexity index is 926. The minimum Gasteiger partial charge on any atom is -0.340 e. The van der Waals surface area contributed by atoms with E-state index in [1.807, 2.05) is 26.0 Å². The molecule has 8 nitrogen and oxygen atoms in total. The number of imide groups is 1. The molecule has 29 heavy (non-hydrogen) atoms. The summed E-state index contributed by atoms with van der Waals surface area (Å²) in [7, 11) is 4.12. The standard InChI is InChI=1S/C20H29N5O3S/c1-13(2)21-19(28)23-17(26)14(3)29-20-22-16-10-7-6-9-15(16)18(27)25(20)12-8-11-24(4)5/h6-7,9-10,13-14H,8,11-12H2,1-5H3,(H2,21,23,26,28)/p+1/t14-/m0/s1. The summed E-state index contributed by atoms with van der Waals surface area (Å²) >= 11 is 1.18. The largest absolute Gasteiger partial charge is 0.340 e. The van der Waals surface area contributed by atoms with Crippen molar-refractivity contribution in [2.45, 2.75) is 50.2 Å². The summed E-state index contributed by atoms with van der Waals surface area (Å²) in [6.45, 7) is 6.75. The summed E-state index contributed by atoms with van der Waals surface area (Å²) in [4.78, 5) is 43.1. The van der Waals surface area contributed by atoms with E-state index in [2.05, 4.69) is 29.7 Å². The zero-order chi connectivity index (χ0) is 21.6. The Labute approximate surface area is 175 Å². The highest BCUT2D eigenvalue weighted by Gasteiger charge is 2.21. The maximum absolute atomic E-state index is 13.0. The number of amides is 3. The number of urea groups is 1. The van der Waals surface area contributed by atoms with Gasteiger partial charge in [-0.05, 0) is 32.9 Å². The minimum absolute atomic E-state index is 0.0723. The monoisotopic (exact) mass is 420 g/mol. The maximum atomic E-state index is 13.0. The van der Waals surface area contributed by atoms with Gasteiger partial charge in [-0.25, -0.2) is 9.78 Å². The van der Waals surface area contributed by atoms with Crippen molar-refractivity contribution < 1.29 is 14.5 Å². The number of fused-ring (bicyclic) bond motifs is 1. The van der Waals surface area contributed by atoms with Crippen LogP contribution in [0.3, 0.4) is 0 Å². The fourth-order valence-electron chi connectivity index (χ4n) is 2.75. The Kier molecular flexibility index (Phi) is 8.21. The zero-order valence-electron chi connectivity index (χ0n) is 17.6. The van der Waals surface area contributed by atoms with Crippen LogP contribution < -0.4 is 21.1 Å². The number of nitrogens with zero attached hydrogens (tertiary/aromatic N) is 2. The molecule has 2 aromatic rings. The molecule has 3 amide bonds. The fourth-order valence-corrected chi connectivity index (χ4v) is 3.68. The number of hydrogen-bond donors (Lipinski definition) is 3. The van der Waals surface area contributed by atoms with Gasteiger partial charge in [0, 0.05) is 19.0 Å². The smallest absolute Gasteiger partial charge is 0.321 e. The molecule has 1 aromatic carbocycles. The van der Waals surface area contributed by atoms with E-state index in [0.29, 0.717) is 22.6 Å². The lowest BCUT2D eigenvalue weighted by atomic mass is 10.2. The normalized spacial score (nSPS) is 12.4. The van der Waals surface area contributed by atoms with Crippen molar-refractivity contribution in [1.29, 1.82) is 0 Å². The number of aromatic nitrogens is 2. The molecule has 0 aliphatic heterocycles. The van der Waals surface area contributed by atoms with Gasteiger partial charge >= 0.3 is 6.03 Å². The van der Waals surface area contributed by atoms with Crippen LogP contribution in [0.2, 0.25) is 0 Å². The van der Waals surface area contributed by atoms with Crippen LogP contribution in [0, 0.1) is 0 Å². The van der Waals surface area contributed by atoms with Crippen LogP contribution in [-0.4, -0.2) is 53.4 Å². The summed E-state index contributed by atoms with van der Waals surface area (Å²) in [5, 5.41) is 5.40. The summed E-state index contributed by atoms with van der Waals surface area (Å²) < 4.78 is 1.63. The van der Waals surface area contributed by atoms with Crippen molar-refractivity contribution >= 4 is 34.6 Å². The van der Waals surface area contributed by atoms with Crippen molar-refractivity contribution in [1.82, 2.24) is 20.2 Å². The summed E-state index contributed by atoms with van der Waals surface area (Å²) in [6, 6.07) is 6.59. The first kappa shape index (κ1) is 22.9. The van der Waals surface area contributed by atoms with Crippen molar-refractivity contribution in [2.24, 2.45) is 0 Å². The van der Waals surface area contributed by atoms with Gasteiger partial charge in [-0.15, -0.1) is 0 Å². The second-order valence-corrected chi connectivity index (χ2v) is 8.86. The van der Waals surface area contributed by atoms with Gasteiger partial charge in [0.2, 0.25) is 5.91 Å². The van der Waals surface area contributed by atoms with E-state index in [1.165, 1.54) is 16.7 Å². The third-order valence-corrected chi connectivity index (χ3v) is 5.28. The van der Waals surface area contributed by atoms with Gasteiger partial charge in [0.15, 0.2) is 5.16 Å². The predicted molar refractivity (Wildman–Crippen MR) is 115 cm³/mol. The minimum atomic E-state index is -0.591. The van der Waals surface area contributed by atoms with Gasteiger partial charge < -0.3 is 10.2 Å². The number of benzene rings is 1. The van der Waals surface area contributed by atoms with Crippen LogP contribution in [0.25, 0.3) is 10.9 Å². The van der Waals surface area contributed by atoms with Gasteiger partial charge in [0.25, 0.3) is 5.56 Å². The molecule has 9 heteroatoms. The van der Waals surface area contributed by atoms with Gasteiger partial charge in [0.1, 0.15) is 0 Å². The van der Waals surface area contributed by atoms with Crippen LogP contribution in [0.4, 0.5) is 4.79 Å². The Hall–Kier alpha value is -2.39. The Balaban J connectivity index is 2.26. The van der Waals surface area contributed by atoms with E-state index in [0.717, 1.165) is 13.0 Å². The van der Waals surface area contributed by atoms with Crippen molar-refractivity contribution in [3.63, 3.8) is 0 Å². The average Bonchev–Trinajstić information content (AvgIpc) is 2.63. The fraction of sp³-hybridized carbons (Fsp3) is 0.500. The number of carbonyl (C=O) groups excluding carboxylic acids is 2. The molecule has 2 rings (SSSR count). The first-order valence-electron chi connectivity index (χ1n) is 9.75. The quantitative estimate of drug-likeness (QED) is 0.430. The molecule has 0 aliphatic carbocycles. The predicted octanol–water partition coefficient (Wildman–Crippen LogP) is 0.646. The van der Waals surface area contributed by atoms with E-state index in [4.69, 9.17) is 0 Å². The molecule has 1 aromatic heterocycles. The van der Waals surface area contributed by atoms with Crippen molar-refractivity contribution in [3.05, 3.63) is 34.6 Å². The van der Waals surface area contributed by atoms with Gasteiger partial charge in [0.05, 0.1) is 36.8 Å². The molecule has 0 fully saturated rings. The lowest BCUT2D eigenvalue weighted by Gasteiger charge is -2.17. The zero-order valence-corrected chi connectivity index (χ0v) is 18.4. The Morgan fingerprint density at radius 2 is 1.90 bits per heavy atom. The van der Waals surface area contributed by atoms with Crippen LogP contribution in [0.1, 0.15) is 27.2 Å². The van der Waals surface area contributed by atoms with E-state index < -0.39 is 17.2 Å². The highest BCUT2D eigenvalue weighted by molar-refractivity contribution is 8.00. The second-order valence-electron chi connectivity index (χ2n) is 7.56. The number of carbonyl (C=O) groups is 2. The summed E-state index contributed by atoms with van der Waals surface area (Å²) in [5.41, 5.74) is 0.483. The second kappa shape index (κ2) is 10.4. The molecule has 1 atom stereocenters. The SMILES string of the molecule is CC(C)NC(=O)NC(=O)[C@H](C)Sc1nc2ccccc2c(=O)n1CCC[NH+](C)C. The number of nitrogens with one attached hydrogen (secondary N) is 3. The molecule has 0 unspecified atom stereocenters. The molecule has 158 valence electrons. The molecular formula is C20H30N5O3S+. The molecule has 0 saturated carbocycles. The highest BCUT2D eigenvalue weighted by Crippen LogP contribution is 2.22. The molecule has 0 radical (unpaired) electrons. The van der Waals surface area contributed by atoms with Gasteiger partial charge in [-0.1, -0.05) is 23.9 Å². The van der Waals surface area contributed by atoms with Gasteiger partial charge in [-0.2, -0.15) is 0 Å². The van der Waals surface area contributed by atoms with E-state index in [1.54, 1.807) is 23.6 Å². The molecule has 0 bridgehead atoms. The molecule has 0 aliphatic rings. The van der Waals surface area contributed by atoms with E-state index in [9.17, 15) is 14.4 Å². The Morgan fingerprint density at radius 1 is 1.21 bits per heavy atom. The number of rotatable bonds is 8. The number of para-hydroxylation sites is 1. The Morgan fingerprint density at radius 3 is 2.55 bits per heavy atom. The lowest BCUT2D eigenvalue weighted by Crippen LogP contribution is -3.05. The van der Waals surface area contributed by atoms with Gasteiger partial charge in [-0.3, -0.25) is 19.5 Å². The molecule has 3 N–H and O–H groups in total. The van der Waals surface area contributed by atoms with Crippen LogP contribution in [0.5, 0.6) is 0 Å². The van der Waals surface area contributed by atoms with Crippen molar-refractivity contribution in [3.8, 4) is 0 Å². The molecular weight excluding hydrogens is 390 g/mol. The summed E-state index contributed by atoms with van der Waals surface area (Å²) in [5.74, 6) is -0.431. The van der Waals surface area contributed by atoms with Crippen molar-refractivity contribution in [2.75, 3.05) is 20.6 Å². The van der Waals surface area contributed by atoms with Crippen LogP contribution in [-0.2, 0) is 11.3 Å². The third kappa shape index (κ3) is 6.57. The average molecular weight is 421 g/mol. The first-order valence-corrected chi connectivity index (χ1v) is 10.6. The first-order chi connectivity index (χ1) is 13.7. The number of thioether (sulfide) groups is 1. The molecule has 1 heterocycles.